The van der Waals surface area contributed by atoms with Crippen molar-refractivity contribution in [3.05, 3.63) is 0 Å². The fourth-order valence-corrected chi connectivity index (χ4v) is 2.65. The molecule has 0 radical (unpaired) electrons. The number of unbranched alkanes of at least 4 members (excludes halogenated alkanes) is 6. The van der Waals surface area contributed by atoms with Gasteiger partial charge in [-0.3, -0.25) is 5.43 Å². The van der Waals surface area contributed by atoms with Crippen LogP contribution < -0.4 is 11.2 Å². The lowest BCUT2D eigenvalue weighted by Gasteiger charge is -2.25. The molecule has 126 valence electrons. The first-order valence-electron chi connectivity index (χ1n) is 8.18. The SMILES string of the molecule is NC(=O)NN1CCCCC1.OCCCCCCCCCBr. The van der Waals surface area contributed by atoms with E-state index in [0.717, 1.165) is 37.7 Å². The van der Waals surface area contributed by atoms with Crippen molar-refractivity contribution >= 4 is 22.0 Å². The molecule has 0 unspecified atom stereocenters. The molecule has 0 aliphatic carbocycles. The van der Waals surface area contributed by atoms with Crippen LogP contribution in [0.1, 0.15) is 64.2 Å². The summed E-state index contributed by atoms with van der Waals surface area (Å²) in [6, 6.07) is -0.457. The Morgan fingerprint density at radius 1 is 1.00 bits per heavy atom. The molecule has 0 bridgehead atoms. The largest absolute Gasteiger partial charge is 0.396 e. The van der Waals surface area contributed by atoms with E-state index < -0.39 is 6.03 Å². The number of aliphatic hydroxyl groups excluding tert-OH is 1. The number of hydrogen-bond acceptors (Lipinski definition) is 3. The maximum Gasteiger partial charge on any atom is 0.326 e. The third kappa shape index (κ3) is 15.9. The Labute approximate surface area is 137 Å². The van der Waals surface area contributed by atoms with Gasteiger partial charge in [0.1, 0.15) is 0 Å². The van der Waals surface area contributed by atoms with Gasteiger partial charge >= 0.3 is 6.03 Å². The highest BCUT2D eigenvalue weighted by Crippen LogP contribution is 2.07. The Bertz CT molecular complexity index is 229. The molecule has 1 heterocycles. The fraction of sp³-hybridized carbons (Fsp3) is 0.933. The maximum atomic E-state index is 10.3. The summed E-state index contributed by atoms with van der Waals surface area (Å²) in [7, 11) is 0. The van der Waals surface area contributed by atoms with E-state index in [1.807, 2.05) is 5.01 Å². The van der Waals surface area contributed by atoms with E-state index in [2.05, 4.69) is 21.4 Å². The van der Waals surface area contributed by atoms with E-state index >= 15 is 0 Å². The number of piperidine rings is 1. The summed E-state index contributed by atoms with van der Waals surface area (Å²) < 4.78 is 0. The monoisotopic (exact) mass is 365 g/mol. The van der Waals surface area contributed by atoms with Crippen LogP contribution in [-0.2, 0) is 0 Å². The molecule has 0 aromatic heterocycles. The van der Waals surface area contributed by atoms with E-state index in [-0.39, 0.29) is 0 Å². The maximum absolute atomic E-state index is 10.3. The second-order valence-electron chi connectivity index (χ2n) is 5.41. The van der Waals surface area contributed by atoms with Crippen molar-refractivity contribution in [1.29, 1.82) is 0 Å². The lowest BCUT2D eigenvalue weighted by molar-refractivity contribution is 0.160. The highest BCUT2D eigenvalue weighted by Gasteiger charge is 2.09. The van der Waals surface area contributed by atoms with Gasteiger partial charge in [0.2, 0.25) is 0 Å². The van der Waals surface area contributed by atoms with Crippen molar-refractivity contribution in [1.82, 2.24) is 10.4 Å². The molecule has 6 heteroatoms. The topological polar surface area (TPSA) is 78.6 Å². The van der Waals surface area contributed by atoms with Gasteiger partial charge in [-0.15, -0.1) is 0 Å². The summed E-state index contributed by atoms with van der Waals surface area (Å²) in [6.07, 6.45) is 12.4. The molecule has 0 aromatic carbocycles. The predicted molar refractivity (Wildman–Crippen MR) is 91.3 cm³/mol. The molecule has 1 rings (SSSR count). The number of urea groups is 1. The summed E-state index contributed by atoms with van der Waals surface area (Å²) in [5.41, 5.74) is 7.49. The number of halogens is 1. The van der Waals surface area contributed by atoms with Crippen molar-refractivity contribution in [3.63, 3.8) is 0 Å². The number of nitrogens with one attached hydrogen (secondary N) is 1. The number of amides is 2. The number of nitrogens with two attached hydrogens (primary N) is 1. The normalized spacial score (nSPS) is 15.1. The van der Waals surface area contributed by atoms with Crippen LogP contribution in [0.15, 0.2) is 0 Å². The third-order valence-electron chi connectivity index (χ3n) is 3.42. The minimum absolute atomic E-state index is 0.363. The average molecular weight is 366 g/mol. The molecule has 0 spiro atoms. The van der Waals surface area contributed by atoms with Gasteiger partial charge in [-0.25, -0.2) is 9.80 Å². The molecule has 0 aromatic rings. The summed E-state index contributed by atoms with van der Waals surface area (Å²) >= 11 is 3.41. The highest BCUT2D eigenvalue weighted by atomic mass is 79.9. The first-order chi connectivity index (χ1) is 10.2. The summed E-state index contributed by atoms with van der Waals surface area (Å²) in [4.78, 5) is 10.3. The summed E-state index contributed by atoms with van der Waals surface area (Å²) in [5, 5.41) is 11.5. The Hall–Kier alpha value is -0.330. The van der Waals surface area contributed by atoms with Gasteiger partial charge in [0.15, 0.2) is 0 Å². The van der Waals surface area contributed by atoms with Crippen molar-refractivity contribution in [2.75, 3.05) is 25.0 Å². The number of carbonyl (C=O) groups is 1. The zero-order valence-corrected chi connectivity index (χ0v) is 14.7. The number of hydrogen-bond donors (Lipinski definition) is 3. The fourth-order valence-electron chi connectivity index (χ4n) is 2.25. The second kappa shape index (κ2) is 16.0. The predicted octanol–water partition coefficient (Wildman–Crippen LogP) is 3.16. The smallest absolute Gasteiger partial charge is 0.326 e. The molecule has 0 saturated carbocycles. The first-order valence-corrected chi connectivity index (χ1v) is 9.30. The van der Waals surface area contributed by atoms with Crippen LogP contribution in [-0.4, -0.2) is 41.2 Å². The summed E-state index contributed by atoms with van der Waals surface area (Å²) in [6.45, 7) is 2.23. The number of aliphatic hydroxyl groups is 1. The van der Waals surface area contributed by atoms with Gasteiger partial charge in [-0.2, -0.15) is 0 Å². The number of carbonyl (C=O) groups excluding carboxylic acids is 1. The van der Waals surface area contributed by atoms with Gasteiger partial charge in [0, 0.05) is 25.0 Å². The van der Waals surface area contributed by atoms with Gasteiger partial charge in [-0.05, 0) is 25.7 Å². The van der Waals surface area contributed by atoms with E-state index in [9.17, 15) is 4.79 Å². The molecular formula is C15H32BrN3O2. The van der Waals surface area contributed by atoms with Crippen LogP contribution >= 0.6 is 15.9 Å². The molecular weight excluding hydrogens is 334 g/mol. The summed E-state index contributed by atoms with van der Waals surface area (Å²) in [5.74, 6) is 0. The van der Waals surface area contributed by atoms with Crippen molar-refractivity contribution < 1.29 is 9.90 Å². The highest BCUT2D eigenvalue weighted by molar-refractivity contribution is 9.09. The quantitative estimate of drug-likeness (QED) is 0.433. The van der Waals surface area contributed by atoms with Crippen LogP contribution in [0.3, 0.4) is 0 Å². The number of primary amides is 1. The number of nitrogens with zero attached hydrogens (tertiary/aromatic N) is 1. The lowest BCUT2D eigenvalue weighted by Crippen LogP contribution is -2.47. The number of rotatable bonds is 9. The number of alkyl halides is 1. The minimum atomic E-state index is -0.457. The molecule has 1 aliphatic rings. The van der Waals surface area contributed by atoms with Crippen molar-refractivity contribution in [2.45, 2.75) is 64.2 Å². The molecule has 4 N–H and O–H groups in total. The standard InChI is InChI=1S/C9H19BrO.C6H13N3O/c10-8-6-4-2-1-3-5-7-9-11;7-6(10)8-9-4-2-1-3-5-9/h11H,1-9H2;1-5H2,(H3,7,8,10). The molecule has 21 heavy (non-hydrogen) atoms. The van der Waals surface area contributed by atoms with Crippen LogP contribution in [0.25, 0.3) is 0 Å². The van der Waals surface area contributed by atoms with Crippen molar-refractivity contribution in [2.24, 2.45) is 5.73 Å². The Kier molecular flexibility index (Phi) is 15.8. The van der Waals surface area contributed by atoms with Gasteiger partial charge in [0.25, 0.3) is 0 Å². The molecule has 1 saturated heterocycles. The molecule has 5 nitrogen and oxygen atoms in total. The van der Waals surface area contributed by atoms with Gasteiger partial charge < -0.3 is 10.8 Å². The lowest BCUT2D eigenvalue weighted by atomic mass is 10.1. The van der Waals surface area contributed by atoms with E-state index in [0.29, 0.717) is 6.61 Å². The van der Waals surface area contributed by atoms with Crippen molar-refractivity contribution in [3.8, 4) is 0 Å². The van der Waals surface area contributed by atoms with Crippen LogP contribution in [0.2, 0.25) is 0 Å². The first kappa shape index (κ1) is 20.7. The van der Waals surface area contributed by atoms with Gasteiger partial charge in [0.05, 0.1) is 0 Å². The Morgan fingerprint density at radius 2 is 1.52 bits per heavy atom. The van der Waals surface area contributed by atoms with E-state index in [1.54, 1.807) is 0 Å². The molecule has 1 fully saturated rings. The van der Waals surface area contributed by atoms with Crippen LogP contribution in [0, 0.1) is 0 Å². The Morgan fingerprint density at radius 3 is 2.00 bits per heavy atom. The van der Waals surface area contributed by atoms with Crippen LogP contribution in [0.4, 0.5) is 4.79 Å². The zero-order valence-electron chi connectivity index (χ0n) is 13.2. The average Bonchev–Trinajstić information content (AvgIpc) is 2.47. The molecule has 2 amide bonds. The minimum Gasteiger partial charge on any atom is -0.396 e. The van der Waals surface area contributed by atoms with E-state index in [1.165, 1.54) is 44.9 Å². The van der Waals surface area contributed by atoms with Gasteiger partial charge in [-0.1, -0.05) is 54.5 Å². The van der Waals surface area contributed by atoms with Crippen LogP contribution in [0.5, 0.6) is 0 Å². The Balaban J connectivity index is 0.000000382. The zero-order chi connectivity index (χ0) is 15.8. The molecule has 0 atom stereocenters. The number of hydrazine groups is 1. The third-order valence-corrected chi connectivity index (χ3v) is 3.98. The molecule has 1 aliphatic heterocycles. The van der Waals surface area contributed by atoms with E-state index in [4.69, 9.17) is 10.8 Å². The second-order valence-corrected chi connectivity index (χ2v) is 6.20.